The Bertz CT molecular complexity index is 3810. The third-order valence-electron chi connectivity index (χ3n) is 14.4. The van der Waals surface area contributed by atoms with Gasteiger partial charge in [-0.3, -0.25) is 0 Å². The summed E-state index contributed by atoms with van der Waals surface area (Å²) in [5.41, 5.74) is 17.8. The highest BCUT2D eigenvalue weighted by molar-refractivity contribution is 6.24. The van der Waals surface area contributed by atoms with E-state index in [0.29, 0.717) is 0 Å². The van der Waals surface area contributed by atoms with Gasteiger partial charge in [0.05, 0.1) is 5.41 Å². The highest BCUT2D eigenvalue weighted by Gasteiger charge is 2.53. The number of hydrogen-bond donors (Lipinski definition) is 0. The van der Waals surface area contributed by atoms with Crippen LogP contribution in [0.3, 0.4) is 0 Å². The van der Waals surface area contributed by atoms with Gasteiger partial charge in [-0.25, -0.2) is 0 Å². The van der Waals surface area contributed by atoms with Gasteiger partial charge in [-0.1, -0.05) is 218 Å². The zero-order chi connectivity index (χ0) is 41.2. The highest BCUT2D eigenvalue weighted by atomic mass is 14.5. The van der Waals surface area contributed by atoms with E-state index in [2.05, 4.69) is 231 Å². The molecule has 0 atom stereocenters. The summed E-state index contributed by atoms with van der Waals surface area (Å²) in [5, 5.41) is 12.7. The Hall–Kier alpha value is -8.06. The molecule has 290 valence electrons. The molecule has 12 aromatic carbocycles. The lowest BCUT2D eigenvalue weighted by atomic mass is 9.69. The van der Waals surface area contributed by atoms with E-state index in [1.807, 2.05) is 0 Å². The molecular formula is C63H38. The van der Waals surface area contributed by atoms with Gasteiger partial charge >= 0.3 is 0 Å². The molecule has 0 aromatic heterocycles. The lowest BCUT2D eigenvalue weighted by molar-refractivity contribution is 0.802. The smallest absolute Gasteiger partial charge is 0.0619 e. The van der Waals surface area contributed by atoms with Crippen LogP contribution in [0.5, 0.6) is 0 Å². The first-order valence-electron chi connectivity index (χ1n) is 22.1. The topological polar surface area (TPSA) is 0 Å². The number of benzene rings is 12. The summed E-state index contributed by atoms with van der Waals surface area (Å²) < 4.78 is 0. The van der Waals surface area contributed by atoms with Gasteiger partial charge in [-0.05, 0) is 144 Å². The summed E-state index contributed by atoms with van der Waals surface area (Å²) in [7, 11) is 0. The van der Waals surface area contributed by atoms with Gasteiger partial charge < -0.3 is 0 Å². The Morgan fingerprint density at radius 2 is 0.683 bits per heavy atom. The fourth-order valence-corrected chi connectivity index (χ4v) is 12.0. The molecule has 2 aliphatic rings. The van der Waals surface area contributed by atoms with Crippen LogP contribution in [0.2, 0.25) is 0 Å². The number of hydrogen-bond acceptors (Lipinski definition) is 0. The molecule has 0 heterocycles. The first-order valence-corrected chi connectivity index (χ1v) is 22.1. The van der Waals surface area contributed by atoms with Crippen LogP contribution in [0.4, 0.5) is 0 Å². The van der Waals surface area contributed by atoms with E-state index in [1.165, 1.54) is 132 Å². The van der Waals surface area contributed by atoms with Gasteiger partial charge in [0.1, 0.15) is 0 Å². The van der Waals surface area contributed by atoms with Crippen molar-refractivity contribution in [1.29, 1.82) is 0 Å². The Kier molecular flexibility index (Phi) is 7.13. The quantitative estimate of drug-likeness (QED) is 0.156. The van der Waals surface area contributed by atoms with E-state index in [9.17, 15) is 0 Å². The molecule has 0 heteroatoms. The normalized spacial score (nSPS) is 13.2. The van der Waals surface area contributed by atoms with Gasteiger partial charge in [-0.15, -0.1) is 0 Å². The molecule has 14 rings (SSSR count). The van der Waals surface area contributed by atoms with Crippen molar-refractivity contribution in [3.8, 4) is 55.6 Å². The van der Waals surface area contributed by atoms with E-state index in [1.54, 1.807) is 0 Å². The molecule has 0 radical (unpaired) electrons. The third kappa shape index (κ3) is 4.60. The molecule has 0 fully saturated rings. The van der Waals surface area contributed by atoms with Crippen molar-refractivity contribution in [3.63, 3.8) is 0 Å². The van der Waals surface area contributed by atoms with Crippen LogP contribution >= 0.6 is 0 Å². The van der Waals surface area contributed by atoms with Crippen LogP contribution in [0.1, 0.15) is 22.3 Å². The van der Waals surface area contributed by atoms with Crippen molar-refractivity contribution >= 4 is 53.9 Å². The standard InChI is InChI=1S/C63H38/c1-3-22-43-39(17-1)19-16-32-48(43)60-52-30-9-7-28-50(52)59(51-29-8-10-31-53(51)60)42-21-15-20-41(37-42)55-38-58-61(49-27-6-5-24-45(49)55)54-36-35-40-18-2-4-23-44(40)62(54)63(58)56-33-13-11-25-46(56)47-26-12-14-34-57(47)63/h1-38H. The lowest BCUT2D eigenvalue weighted by Gasteiger charge is -2.32. The van der Waals surface area contributed by atoms with Crippen LogP contribution in [0.25, 0.3) is 109 Å². The Morgan fingerprint density at radius 1 is 0.222 bits per heavy atom. The molecule has 1 spiro atoms. The average Bonchev–Trinajstić information content (AvgIpc) is 3.83. The molecule has 0 N–H and O–H groups in total. The van der Waals surface area contributed by atoms with E-state index in [0.717, 1.165) is 0 Å². The maximum absolute atomic E-state index is 2.57. The van der Waals surface area contributed by atoms with Crippen molar-refractivity contribution in [2.45, 2.75) is 5.41 Å². The first kappa shape index (κ1) is 34.6. The Labute approximate surface area is 366 Å². The largest absolute Gasteiger partial charge is 0.0731 e. The number of fused-ring (bicyclic) bond motifs is 17. The van der Waals surface area contributed by atoms with Crippen molar-refractivity contribution in [1.82, 2.24) is 0 Å². The van der Waals surface area contributed by atoms with E-state index < -0.39 is 5.41 Å². The van der Waals surface area contributed by atoms with Crippen LogP contribution in [0.15, 0.2) is 231 Å². The molecule has 0 bridgehead atoms. The van der Waals surface area contributed by atoms with Crippen LogP contribution in [0, 0.1) is 0 Å². The summed E-state index contributed by atoms with van der Waals surface area (Å²) in [6.45, 7) is 0. The first-order chi connectivity index (χ1) is 31.3. The molecule has 0 amide bonds. The minimum atomic E-state index is -0.487. The van der Waals surface area contributed by atoms with E-state index in [-0.39, 0.29) is 0 Å². The summed E-state index contributed by atoms with van der Waals surface area (Å²) in [4.78, 5) is 0. The molecule has 0 saturated heterocycles. The molecule has 0 aliphatic heterocycles. The second-order valence-corrected chi connectivity index (χ2v) is 17.4. The van der Waals surface area contributed by atoms with Crippen molar-refractivity contribution in [3.05, 3.63) is 253 Å². The van der Waals surface area contributed by atoms with Crippen LogP contribution in [-0.2, 0) is 5.41 Å². The monoisotopic (exact) mass is 794 g/mol. The molecule has 0 unspecified atom stereocenters. The molecule has 0 nitrogen and oxygen atoms in total. The van der Waals surface area contributed by atoms with Gasteiger partial charge in [0.2, 0.25) is 0 Å². The fraction of sp³-hybridized carbons (Fsp3) is 0.0159. The van der Waals surface area contributed by atoms with Crippen LogP contribution in [-0.4, -0.2) is 0 Å². The van der Waals surface area contributed by atoms with Crippen LogP contribution < -0.4 is 0 Å². The van der Waals surface area contributed by atoms with Gasteiger partial charge in [0, 0.05) is 0 Å². The SMILES string of the molecule is c1cc(-c2cc3c(c4ccccc24)-c2ccc4ccccc4c2C32c3ccccc3-c3ccccc32)cc(-c2c3ccccc3c(-c3cccc4ccccc34)c3ccccc23)c1. The van der Waals surface area contributed by atoms with Crippen molar-refractivity contribution in [2.24, 2.45) is 0 Å². The van der Waals surface area contributed by atoms with Gasteiger partial charge in [0.25, 0.3) is 0 Å². The Balaban J connectivity index is 1.06. The highest BCUT2D eigenvalue weighted by Crippen LogP contribution is 2.65. The zero-order valence-electron chi connectivity index (χ0n) is 34.4. The molecule has 2 aliphatic carbocycles. The van der Waals surface area contributed by atoms with E-state index >= 15 is 0 Å². The predicted molar refractivity (Wildman–Crippen MR) is 267 cm³/mol. The zero-order valence-corrected chi connectivity index (χ0v) is 34.4. The second kappa shape index (κ2) is 13.0. The maximum atomic E-state index is 2.57. The maximum Gasteiger partial charge on any atom is 0.0731 e. The molecular weight excluding hydrogens is 757 g/mol. The van der Waals surface area contributed by atoms with E-state index in [4.69, 9.17) is 0 Å². The third-order valence-corrected chi connectivity index (χ3v) is 14.4. The predicted octanol–water partition coefficient (Wildman–Crippen LogP) is 16.8. The minimum absolute atomic E-state index is 0.487. The Morgan fingerprint density at radius 3 is 1.35 bits per heavy atom. The average molecular weight is 795 g/mol. The van der Waals surface area contributed by atoms with Crippen molar-refractivity contribution in [2.75, 3.05) is 0 Å². The lowest BCUT2D eigenvalue weighted by Crippen LogP contribution is -2.26. The molecule has 63 heavy (non-hydrogen) atoms. The number of rotatable bonds is 3. The minimum Gasteiger partial charge on any atom is -0.0619 e. The molecule has 12 aromatic rings. The summed E-state index contributed by atoms with van der Waals surface area (Å²) in [5.74, 6) is 0. The second-order valence-electron chi connectivity index (χ2n) is 17.4. The summed E-state index contributed by atoms with van der Waals surface area (Å²) in [6.07, 6.45) is 0. The molecule has 0 saturated carbocycles. The fourth-order valence-electron chi connectivity index (χ4n) is 12.0. The van der Waals surface area contributed by atoms with Gasteiger partial charge in [0.15, 0.2) is 0 Å². The summed E-state index contributed by atoms with van der Waals surface area (Å²) >= 11 is 0. The summed E-state index contributed by atoms with van der Waals surface area (Å²) in [6, 6.07) is 86.7. The van der Waals surface area contributed by atoms with Gasteiger partial charge in [-0.2, -0.15) is 0 Å². The van der Waals surface area contributed by atoms with Crippen molar-refractivity contribution < 1.29 is 0 Å².